The van der Waals surface area contributed by atoms with Crippen molar-refractivity contribution in [3.8, 4) is 5.75 Å². The van der Waals surface area contributed by atoms with Crippen LogP contribution in [-0.2, 0) is 4.74 Å². The zero-order valence-corrected chi connectivity index (χ0v) is 29.3. The number of carbonyl (C=O) groups is 3. The van der Waals surface area contributed by atoms with Gasteiger partial charge in [-0.1, -0.05) is 61.5 Å². The highest BCUT2D eigenvalue weighted by atomic mass is 16.5. The van der Waals surface area contributed by atoms with Crippen LogP contribution in [0.5, 0.6) is 5.75 Å². The van der Waals surface area contributed by atoms with Crippen LogP contribution in [0.25, 0.3) is 10.8 Å². The second kappa shape index (κ2) is 17.1. The van der Waals surface area contributed by atoms with Crippen LogP contribution in [0.4, 0.5) is 16.2 Å². The first kappa shape index (κ1) is 36.4. The summed E-state index contributed by atoms with van der Waals surface area (Å²) in [6, 6.07) is 26.9. The molecule has 0 saturated heterocycles. The first-order chi connectivity index (χ1) is 24.1. The maximum atomic E-state index is 14.4. The van der Waals surface area contributed by atoms with Crippen molar-refractivity contribution in [1.82, 2.24) is 9.80 Å². The lowest BCUT2D eigenvalue weighted by Crippen LogP contribution is -2.48. The summed E-state index contributed by atoms with van der Waals surface area (Å²) in [5.74, 6) is -0.434. The number of anilines is 2. The molecule has 0 spiro atoms. The van der Waals surface area contributed by atoms with Gasteiger partial charge in [0.2, 0.25) is 0 Å². The topological polar surface area (TPSA) is 120 Å². The van der Waals surface area contributed by atoms with Crippen LogP contribution in [-0.4, -0.2) is 84.4 Å². The van der Waals surface area contributed by atoms with Gasteiger partial charge in [-0.3, -0.25) is 9.59 Å². The van der Waals surface area contributed by atoms with E-state index in [1.54, 1.807) is 66.2 Å². The molecule has 0 aromatic heterocycles. The third kappa shape index (κ3) is 9.19. The summed E-state index contributed by atoms with van der Waals surface area (Å²) in [6.45, 7) is 6.53. The van der Waals surface area contributed by atoms with Crippen molar-refractivity contribution in [3.05, 3.63) is 102 Å². The predicted octanol–water partition coefficient (Wildman–Crippen LogP) is 7.05. The Balaban J connectivity index is 1.38. The first-order valence-electron chi connectivity index (χ1n) is 17.3. The summed E-state index contributed by atoms with van der Waals surface area (Å²) in [4.78, 5) is 44.1. The van der Waals surface area contributed by atoms with Crippen molar-refractivity contribution in [2.75, 3.05) is 44.0 Å². The number of hydrogen-bond acceptors (Lipinski definition) is 6. The van der Waals surface area contributed by atoms with Crippen molar-refractivity contribution >= 4 is 40.0 Å². The molecular weight excluding hydrogens is 632 g/mol. The third-order valence-electron chi connectivity index (χ3n) is 9.18. The van der Waals surface area contributed by atoms with Crippen molar-refractivity contribution in [3.63, 3.8) is 0 Å². The van der Waals surface area contributed by atoms with E-state index in [0.29, 0.717) is 30.2 Å². The number of ether oxygens (including phenoxy) is 2. The molecule has 0 radical (unpaired) electrons. The van der Waals surface area contributed by atoms with E-state index < -0.39 is 12.1 Å². The Kier molecular flexibility index (Phi) is 12.5. The molecule has 10 nitrogen and oxygen atoms in total. The van der Waals surface area contributed by atoms with Gasteiger partial charge in [-0.15, -0.1) is 0 Å². The lowest BCUT2D eigenvalue weighted by atomic mass is 10.0. The molecular formula is C40H48N4O6. The summed E-state index contributed by atoms with van der Waals surface area (Å²) in [7, 11) is 1.74. The zero-order chi connectivity index (χ0) is 35.6. The monoisotopic (exact) mass is 680 g/mol. The standard InChI is InChI=1S/C40H48N4O6/c1-27-24-44(28(2)26-45)39(47)34-23-32(41-38(46)31-15-6-5-7-16-31)20-21-36(34)50-29(3)13-10-11-22-49-37(27)25-43(4)40(48)42-35-19-12-17-30-14-8-9-18-33(30)35/h5-9,12,14-21,23,27-29,37,45H,10-11,13,22,24-26H2,1-4H3,(H,41,46)(H,42,48)/t27-,28-,29+,37+/m1/s1. The van der Waals surface area contributed by atoms with Gasteiger partial charge in [0.25, 0.3) is 11.8 Å². The van der Waals surface area contributed by atoms with Crippen molar-refractivity contribution in [2.45, 2.75) is 58.3 Å². The number of aliphatic hydroxyl groups is 1. The number of nitrogens with one attached hydrogen (secondary N) is 2. The Morgan fingerprint density at radius 2 is 1.70 bits per heavy atom. The number of rotatable bonds is 7. The number of urea groups is 1. The van der Waals surface area contributed by atoms with E-state index in [0.717, 1.165) is 35.7 Å². The molecule has 0 unspecified atom stereocenters. The molecule has 0 aliphatic carbocycles. The summed E-state index contributed by atoms with van der Waals surface area (Å²) < 4.78 is 12.7. The van der Waals surface area contributed by atoms with Crippen molar-refractivity contribution in [1.29, 1.82) is 0 Å². The summed E-state index contributed by atoms with van der Waals surface area (Å²) in [5, 5.41) is 18.2. The van der Waals surface area contributed by atoms with E-state index in [-0.39, 0.29) is 48.6 Å². The molecule has 4 aromatic rings. The van der Waals surface area contributed by atoms with Gasteiger partial charge in [-0.25, -0.2) is 4.79 Å². The van der Waals surface area contributed by atoms with Crippen LogP contribution in [0.3, 0.4) is 0 Å². The summed E-state index contributed by atoms with van der Waals surface area (Å²) in [5.41, 5.74) is 1.96. The quantitative estimate of drug-likeness (QED) is 0.192. The van der Waals surface area contributed by atoms with Crippen LogP contribution in [0.1, 0.15) is 60.7 Å². The van der Waals surface area contributed by atoms with Crippen LogP contribution in [0.2, 0.25) is 0 Å². The van der Waals surface area contributed by atoms with E-state index >= 15 is 0 Å². The second-order valence-electron chi connectivity index (χ2n) is 13.2. The van der Waals surface area contributed by atoms with Gasteiger partial charge in [-0.2, -0.15) is 0 Å². The van der Waals surface area contributed by atoms with E-state index in [4.69, 9.17) is 9.47 Å². The smallest absolute Gasteiger partial charge is 0.321 e. The number of likely N-dealkylation sites (N-methyl/N-ethyl adjacent to an activating group) is 1. The summed E-state index contributed by atoms with van der Waals surface area (Å²) in [6.07, 6.45) is 1.81. The highest BCUT2D eigenvalue weighted by Gasteiger charge is 2.31. The second-order valence-corrected chi connectivity index (χ2v) is 13.2. The number of benzene rings is 4. The minimum Gasteiger partial charge on any atom is -0.490 e. The molecule has 0 bridgehead atoms. The number of amides is 4. The molecule has 4 atom stereocenters. The average Bonchev–Trinajstić information content (AvgIpc) is 3.13. The van der Waals surface area contributed by atoms with Crippen LogP contribution in [0.15, 0.2) is 91.0 Å². The number of hydrogen-bond donors (Lipinski definition) is 3. The normalized spacial score (nSPS) is 19.4. The SMILES string of the molecule is C[C@@H]1CN([C@H](C)CO)C(=O)c2cc(NC(=O)c3ccccc3)ccc2O[C@@H](C)CCCCO[C@H]1CN(C)C(=O)Nc1cccc2ccccc12. The molecule has 10 heteroatoms. The van der Waals surface area contributed by atoms with E-state index in [9.17, 15) is 19.5 Å². The van der Waals surface area contributed by atoms with E-state index in [1.807, 2.05) is 62.4 Å². The minimum absolute atomic E-state index is 0.184. The van der Waals surface area contributed by atoms with Gasteiger partial charge in [0.1, 0.15) is 5.75 Å². The number of fused-ring (bicyclic) bond motifs is 2. The molecule has 5 rings (SSSR count). The average molecular weight is 681 g/mol. The maximum absolute atomic E-state index is 14.4. The Morgan fingerprint density at radius 3 is 2.48 bits per heavy atom. The van der Waals surface area contributed by atoms with E-state index in [1.165, 1.54) is 0 Å². The lowest BCUT2D eigenvalue weighted by molar-refractivity contribution is -0.0115. The van der Waals surface area contributed by atoms with Gasteiger partial charge in [0.05, 0.1) is 36.1 Å². The lowest BCUT2D eigenvalue weighted by Gasteiger charge is -2.35. The largest absolute Gasteiger partial charge is 0.490 e. The van der Waals surface area contributed by atoms with Crippen molar-refractivity contribution < 1.29 is 29.0 Å². The van der Waals surface area contributed by atoms with Gasteiger partial charge in [-0.05, 0) is 74.9 Å². The fourth-order valence-electron chi connectivity index (χ4n) is 6.15. The molecule has 4 aromatic carbocycles. The van der Waals surface area contributed by atoms with Crippen LogP contribution < -0.4 is 15.4 Å². The van der Waals surface area contributed by atoms with Crippen molar-refractivity contribution in [2.24, 2.45) is 5.92 Å². The minimum atomic E-state index is -0.529. The van der Waals surface area contributed by atoms with Gasteiger partial charge in [0, 0.05) is 49.3 Å². The molecule has 0 fully saturated rings. The first-order valence-corrected chi connectivity index (χ1v) is 17.3. The highest BCUT2D eigenvalue weighted by molar-refractivity contribution is 6.05. The van der Waals surface area contributed by atoms with Crippen LogP contribution >= 0.6 is 0 Å². The maximum Gasteiger partial charge on any atom is 0.321 e. The predicted molar refractivity (Wildman–Crippen MR) is 197 cm³/mol. The van der Waals surface area contributed by atoms with E-state index in [2.05, 4.69) is 10.6 Å². The molecule has 1 aliphatic heterocycles. The Labute approximate surface area is 294 Å². The fourth-order valence-corrected chi connectivity index (χ4v) is 6.15. The molecule has 4 amide bonds. The molecule has 3 N–H and O–H groups in total. The van der Waals surface area contributed by atoms with Gasteiger partial charge >= 0.3 is 6.03 Å². The molecule has 50 heavy (non-hydrogen) atoms. The molecule has 264 valence electrons. The Bertz CT molecular complexity index is 1760. The number of carbonyl (C=O) groups excluding carboxylic acids is 3. The third-order valence-corrected chi connectivity index (χ3v) is 9.18. The van der Waals surface area contributed by atoms with Crippen LogP contribution in [0, 0.1) is 5.92 Å². The molecule has 1 heterocycles. The Hall–Kier alpha value is -4.93. The molecule has 1 aliphatic rings. The number of nitrogens with zero attached hydrogens (tertiary/aromatic N) is 2. The molecule has 0 saturated carbocycles. The zero-order valence-electron chi connectivity index (χ0n) is 29.3. The highest BCUT2D eigenvalue weighted by Crippen LogP contribution is 2.29. The fraction of sp³-hybridized carbons (Fsp3) is 0.375. The van der Waals surface area contributed by atoms with Gasteiger partial charge < -0.3 is 35.0 Å². The van der Waals surface area contributed by atoms with Gasteiger partial charge in [0.15, 0.2) is 0 Å². The Morgan fingerprint density at radius 1 is 0.960 bits per heavy atom. The number of aliphatic hydroxyl groups excluding tert-OH is 1. The summed E-state index contributed by atoms with van der Waals surface area (Å²) >= 11 is 0.